The van der Waals surface area contributed by atoms with Crippen LogP contribution in [0.3, 0.4) is 0 Å². The minimum atomic E-state index is -1.36. The zero-order valence-corrected chi connectivity index (χ0v) is 17.9. The number of rotatable bonds is 5. The molecule has 1 heterocycles. The Morgan fingerprint density at radius 2 is 1.58 bits per heavy atom. The highest BCUT2D eigenvalue weighted by Crippen LogP contribution is 2.50. The third kappa shape index (κ3) is 3.28. The van der Waals surface area contributed by atoms with Crippen LogP contribution in [0.15, 0.2) is 90.1 Å². The van der Waals surface area contributed by atoms with Crippen molar-refractivity contribution in [2.75, 3.05) is 7.11 Å². The van der Waals surface area contributed by atoms with Gasteiger partial charge < -0.3 is 20.3 Å². The standard InChI is InChI=1S/C27H22N2O4/c1-32-19-13-11-18(12-14-19)27(17-7-3-2-4-8-17)16-15-22-24(29-31)23(26(28)30)20-9-5-6-10-21(20)25(22)33-27/h2-16,26,30H,28H2,1H3. The summed E-state index contributed by atoms with van der Waals surface area (Å²) in [6.45, 7) is 0. The molecule has 0 radical (unpaired) electrons. The number of benzene rings is 4. The average Bonchev–Trinajstić information content (AvgIpc) is 2.88. The lowest BCUT2D eigenvalue weighted by Crippen LogP contribution is -2.34. The Morgan fingerprint density at radius 3 is 2.21 bits per heavy atom. The van der Waals surface area contributed by atoms with Gasteiger partial charge in [0.1, 0.15) is 23.4 Å². The molecule has 2 unspecified atom stereocenters. The van der Waals surface area contributed by atoms with E-state index < -0.39 is 11.8 Å². The van der Waals surface area contributed by atoms with E-state index in [1.165, 1.54) is 0 Å². The van der Waals surface area contributed by atoms with Crippen LogP contribution in [0.5, 0.6) is 11.5 Å². The molecule has 1 aliphatic rings. The summed E-state index contributed by atoms with van der Waals surface area (Å²) in [6, 6.07) is 24.9. The number of fused-ring (bicyclic) bond motifs is 3. The summed E-state index contributed by atoms with van der Waals surface area (Å²) in [7, 11) is 1.62. The number of nitroso groups, excluding NO2 is 1. The molecular weight excluding hydrogens is 416 g/mol. The fourth-order valence-corrected chi connectivity index (χ4v) is 4.50. The molecule has 164 valence electrons. The fraction of sp³-hybridized carbons (Fsp3) is 0.111. The van der Waals surface area contributed by atoms with Crippen LogP contribution < -0.4 is 15.2 Å². The van der Waals surface area contributed by atoms with Gasteiger partial charge in [0.05, 0.1) is 7.11 Å². The van der Waals surface area contributed by atoms with Crippen molar-refractivity contribution in [1.82, 2.24) is 0 Å². The van der Waals surface area contributed by atoms with Crippen molar-refractivity contribution in [1.29, 1.82) is 0 Å². The fourth-order valence-electron chi connectivity index (χ4n) is 4.50. The van der Waals surface area contributed by atoms with Crippen molar-refractivity contribution >= 4 is 22.5 Å². The Hall–Kier alpha value is -4.00. The van der Waals surface area contributed by atoms with Crippen LogP contribution in [0.1, 0.15) is 28.5 Å². The number of ether oxygens (including phenoxy) is 2. The summed E-state index contributed by atoms with van der Waals surface area (Å²) in [5.41, 5.74) is 7.54. The molecule has 0 spiro atoms. The van der Waals surface area contributed by atoms with Gasteiger partial charge in [-0.1, -0.05) is 66.7 Å². The molecule has 5 rings (SSSR count). The number of nitrogens with two attached hydrogens (primary N) is 1. The molecule has 0 saturated carbocycles. The summed E-state index contributed by atoms with van der Waals surface area (Å²) in [5.74, 6) is 1.24. The van der Waals surface area contributed by atoms with E-state index in [-0.39, 0.29) is 11.3 Å². The van der Waals surface area contributed by atoms with Crippen LogP contribution in [0.4, 0.5) is 5.69 Å². The van der Waals surface area contributed by atoms with Crippen molar-refractivity contribution in [3.63, 3.8) is 0 Å². The highest BCUT2D eigenvalue weighted by molar-refractivity contribution is 6.00. The minimum Gasteiger partial charge on any atom is -0.497 e. The third-order valence-electron chi connectivity index (χ3n) is 6.07. The zero-order chi connectivity index (χ0) is 23.0. The topological polar surface area (TPSA) is 94.1 Å². The second-order valence-corrected chi connectivity index (χ2v) is 7.85. The van der Waals surface area contributed by atoms with Crippen molar-refractivity contribution < 1.29 is 14.6 Å². The van der Waals surface area contributed by atoms with E-state index in [0.29, 0.717) is 16.7 Å². The number of nitrogens with zero attached hydrogens (tertiary/aromatic N) is 1. The van der Waals surface area contributed by atoms with Crippen molar-refractivity contribution in [2.24, 2.45) is 10.9 Å². The quantitative estimate of drug-likeness (QED) is 0.315. The Balaban J connectivity index is 1.82. The number of hydrogen-bond acceptors (Lipinski definition) is 6. The van der Waals surface area contributed by atoms with Crippen LogP contribution in [-0.4, -0.2) is 12.2 Å². The van der Waals surface area contributed by atoms with Gasteiger partial charge in [-0.2, -0.15) is 0 Å². The van der Waals surface area contributed by atoms with E-state index in [0.717, 1.165) is 22.3 Å². The van der Waals surface area contributed by atoms with Gasteiger partial charge in [-0.15, -0.1) is 4.91 Å². The highest BCUT2D eigenvalue weighted by atomic mass is 16.5. The zero-order valence-electron chi connectivity index (χ0n) is 17.9. The first-order valence-corrected chi connectivity index (χ1v) is 10.5. The normalized spacial score (nSPS) is 17.8. The number of hydrogen-bond donors (Lipinski definition) is 2. The molecule has 4 aromatic carbocycles. The first-order chi connectivity index (χ1) is 16.1. The molecule has 0 aromatic heterocycles. The van der Waals surface area contributed by atoms with Crippen LogP contribution in [0, 0.1) is 4.91 Å². The summed E-state index contributed by atoms with van der Waals surface area (Å²) >= 11 is 0. The van der Waals surface area contributed by atoms with Crippen molar-refractivity contribution in [3.05, 3.63) is 112 Å². The summed E-state index contributed by atoms with van der Waals surface area (Å²) in [4.78, 5) is 11.9. The Labute approximate surface area is 190 Å². The molecule has 0 bridgehead atoms. The first kappa shape index (κ1) is 20.9. The van der Waals surface area contributed by atoms with Gasteiger partial charge in [0.15, 0.2) is 5.60 Å². The monoisotopic (exact) mass is 438 g/mol. The van der Waals surface area contributed by atoms with E-state index in [9.17, 15) is 10.0 Å². The predicted molar refractivity (Wildman–Crippen MR) is 128 cm³/mol. The molecule has 33 heavy (non-hydrogen) atoms. The minimum absolute atomic E-state index is 0.0753. The van der Waals surface area contributed by atoms with Gasteiger partial charge in [-0.25, -0.2) is 0 Å². The molecular formula is C27H22N2O4. The van der Waals surface area contributed by atoms with Gasteiger partial charge in [0, 0.05) is 27.6 Å². The van der Waals surface area contributed by atoms with Crippen LogP contribution >= 0.6 is 0 Å². The average molecular weight is 438 g/mol. The summed E-state index contributed by atoms with van der Waals surface area (Å²) in [6.07, 6.45) is 2.37. The lowest BCUT2D eigenvalue weighted by molar-refractivity contribution is 0.163. The molecule has 6 nitrogen and oxygen atoms in total. The van der Waals surface area contributed by atoms with E-state index in [4.69, 9.17) is 15.2 Å². The van der Waals surface area contributed by atoms with Crippen LogP contribution in [0.25, 0.3) is 16.8 Å². The largest absolute Gasteiger partial charge is 0.497 e. The SMILES string of the molecule is COc1ccc(C2(c3ccccc3)C=Cc3c(N=O)c(C(N)O)c4ccccc4c3O2)cc1. The second kappa shape index (κ2) is 8.16. The molecule has 0 fully saturated rings. The molecule has 4 aromatic rings. The Kier molecular flexibility index (Phi) is 5.17. The molecule has 6 heteroatoms. The van der Waals surface area contributed by atoms with Gasteiger partial charge in [0.2, 0.25) is 0 Å². The smallest absolute Gasteiger partial charge is 0.178 e. The maximum atomic E-state index is 11.9. The number of methoxy groups -OCH3 is 1. The maximum Gasteiger partial charge on any atom is 0.178 e. The van der Waals surface area contributed by atoms with E-state index in [1.807, 2.05) is 84.9 Å². The highest BCUT2D eigenvalue weighted by Gasteiger charge is 2.39. The maximum absolute atomic E-state index is 11.9. The molecule has 1 aliphatic heterocycles. The van der Waals surface area contributed by atoms with Gasteiger partial charge >= 0.3 is 0 Å². The van der Waals surface area contributed by atoms with Crippen molar-refractivity contribution in [3.8, 4) is 11.5 Å². The number of aliphatic hydroxyl groups is 1. The second-order valence-electron chi connectivity index (χ2n) is 7.85. The molecule has 3 N–H and O–H groups in total. The van der Waals surface area contributed by atoms with E-state index >= 15 is 0 Å². The number of aliphatic hydroxyl groups excluding tert-OH is 1. The van der Waals surface area contributed by atoms with E-state index in [1.54, 1.807) is 13.2 Å². The van der Waals surface area contributed by atoms with Crippen LogP contribution in [-0.2, 0) is 5.60 Å². The third-order valence-corrected chi connectivity index (χ3v) is 6.07. The lowest BCUT2D eigenvalue weighted by atomic mass is 9.82. The van der Waals surface area contributed by atoms with Gasteiger partial charge in [0.25, 0.3) is 0 Å². The van der Waals surface area contributed by atoms with Crippen molar-refractivity contribution in [2.45, 2.75) is 11.8 Å². The Morgan fingerprint density at radius 1 is 0.939 bits per heavy atom. The van der Waals surface area contributed by atoms with Crippen LogP contribution in [0.2, 0.25) is 0 Å². The molecule has 0 amide bonds. The van der Waals surface area contributed by atoms with Gasteiger partial charge in [-0.3, -0.25) is 0 Å². The molecule has 0 aliphatic carbocycles. The Bertz CT molecular complexity index is 1360. The summed E-state index contributed by atoms with van der Waals surface area (Å²) in [5, 5.41) is 14.8. The molecule has 2 atom stereocenters. The lowest BCUT2D eigenvalue weighted by Gasteiger charge is -2.37. The first-order valence-electron chi connectivity index (χ1n) is 10.5. The van der Waals surface area contributed by atoms with E-state index in [2.05, 4.69) is 5.18 Å². The summed E-state index contributed by atoms with van der Waals surface area (Å²) < 4.78 is 12.1. The predicted octanol–water partition coefficient (Wildman–Crippen LogP) is 5.55. The van der Waals surface area contributed by atoms with Gasteiger partial charge in [-0.05, 0) is 34.8 Å². The molecule has 0 saturated heterocycles.